The molecule has 0 saturated heterocycles. The number of ether oxygens (including phenoxy) is 1. The van der Waals surface area contributed by atoms with E-state index in [2.05, 4.69) is 17.1 Å². The quantitative estimate of drug-likeness (QED) is 0.718. The summed E-state index contributed by atoms with van der Waals surface area (Å²) in [4.78, 5) is 8.35. The van der Waals surface area contributed by atoms with Crippen LogP contribution in [0.2, 0.25) is 0 Å². The summed E-state index contributed by atoms with van der Waals surface area (Å²) in [5.74, 6) is 0.879. The van der Waals surface area contributed by atoms with Crippen molar-refractivity contribution >= 4 is 21.9 Å². The lowest BCUT2D eigenvalue weighted by Crippen LogP contribution is -2.04. The van der Waals surface area contributed by atoms with Crippen molar-refractivity contribution in [2.45, 2.75) is 25.7 Å². The van der Waals surface area contributed by atoms with Crippen molar-refractivity contribution in [2.75, 3.05) is 7.11 Å². The summed E-state index contributed by atoms with van der Waals surface area (Å²) in [5, 5.41) is 1.18. The van der Waals surface area contributed by atoms with Gasteiger partial charge in [-0.05, 0) is 49.4 Å². The summed E-state index contributed by atoms with van der Waals surface area (Å²) in [5.41, 5.74) is 6.04. The number of hydrogen-bond donors (Lipinski definition) is 1. The highest BCUT2D eigenvalue weighted by molar-refractivity contribution is 6.05. The molecule has 19 heavy (non-hydrogen) atoms. The third-order valence-corrected chi connectivity index (χ3v) is 4.05. The lowest BCUT2D eigenvalue weighted by atomic mass is 9.96. The molecule has 2 aromatic heterocycles. The fourth-order valence-electron chi connectivity index (χ4n) is 3.04. The van der Waals surface area contributed by atoms with Crippen LogP contribution >= 0.6 is 0 Å². The zero-order chi connectivity index (χ0) is 12.8. The predicted octanol–water partition coefficient (Wildman–Crippen LogP) is 3.60. The molecule has 3 aromatic rings. The SMILES string of the molecule is COc1ccc2c(c1)[nH]c1cc3c(nc12)CCCC3. The number of fused-ring (bicyclic) bond motifs is 4. The molecule has 0 aliphatic heterocycles. The van der Waals surface area contributed by atoms with Gasteiger partial charge in [-0.15, -0.1) is 0 Å². The first-order valence-corrected chi connectivity index (χ1v) is 6.83. The van der Waals surface area contributed by atoms with Crippen molar-refractivity contribution in [3.63, 3.8) is 0 Å². The van der Waals surface area contributed by atoms with Gasteiger partial charge >= 0.3 is 0 Å². The van der Waals surface area contributed by atoms with Gasteiger partial charge in [0.05, 0.1) is 23.7 Å². The fourth-order valence-corrected chi connectivity index (χ4v) is 3.04. The number of H-pyrrole nitrogens is 1. The number of benzene rings is 1. The van der Waals surface area contributed by atoms with Crippen LogP contribution < -0.4 is 4.74 Å². The number of methoxy groups -OCH3 is 1. The standard InChI is InChI=1S/C16H16N2O/c1-19-11-6-7-12-14(9-11)17-15-8-10-4-2-3-5-13(10)18-16(12)15/h6-9,17H,2-5H2,1H3. The maximum Gasteiger partial charge on any atom is 0.120 e. The number of aryl methyl sites for hydroxylation is 2. The second kappa shape index (κ2) is 3.98. The Morgan fingerprint density at radius 2 is 2.00 bits per heavy atom. The summed E-state index contributed by atoms with van der Waals surface area (Å²) >= 11 is 0. The molecule has 1 aliphatic carbocycles. The third-order valence-electron chi connectivity index (χ3n) is 4.05. The molecular weight excluding hydrogens is 236 g/mol. The van der Waals surface area contributed by atoms with E-state index in [1.807, 2.05) is 12.1 Å². The number of aromatic nitrogens is 2. The number of pyridine rings is 1. The number of nitrogens with zero attached hydrogens (tertiary/aromatic N) is 1. The van der Waals surface area contributed by atoms with Crippen LogP contribution in [-0.2, 0) is 12.8 Å². The normalized spacial score (nSPS) is 14.8. The second-order valence-electron chi connectivity index (χ2n) is 5.23. The van der Waals surface area contributed by atoms with Crippen LogP contribution in [-0.4, -0.2) is 17.1 Å². The minimum Gasteiger partial charge on any atom is -0.497 e. The molecule has 96 valence electrons. The van der Waals surface area contributed by atoms with Crippen LogP contribution in [0, 0.1) is 0 Å². The molecule has 0 fully saturated rings. The molecule has 0 bridgehead atoms. The van der Waals surface area contributed by atoms with Crippen molar-refractivity contribution < 1.29 is 4.74 Å². The number of hydrogen-bond acceptors (Lipinski definition) is 2. The summed E-state index contributed by atoms with van der Waals surface area (Å²) in [6.45, 7) is 0. The molecule has 0 unspecified atom stereocenters. The van der Waals surface area contributed by atoms with Gasteiger partial charge in [0, 0.05) is 17.1 Å². The Balaban J connectivity index is 2.02. The summed E-state index contributed by atoms with van der Waals surface area (Å²) in [6.07, 6.45) is 4.83. The van der Waals surface area contributed by atoms with Crippen LogP contribution in [0.4, 0.5) is 0 Å². The van der Waals surface area contributed by atoms with E-state index in [4.69, 9.17) is 9.72 Å². The van der Waals surface area contributed by atoms with E-state index in [1.165, 1.54) is 29.5 Å². The summed E-state index contributed by atoms with van der Waals surface area (Å²) in [7, 11) is 1.70. The smallest absolute Gasteiger partial charge is 0.120 e. The molecule has 4 rings (SSSR count). The summed E-state index contributed by atoms with van der Waals surface area (Å²) in [6, 6.07) is 8.41. The molecule has 0 amide bonds. The first-order chi connectivity index (χ1) is 9.35. The Kier molecular flexibility index (Phi) is 2.28. The van der Waals surface area contributed by atoms with Gasteiger partial charge in [-0.1, -0.05) is 0 Å². The van der Waals surface area contributed by atoms with Gasteiger partial charge in [0.2, 0.25) is 0 Å². The Morgan fingerprint density at radius 1 is 1.11 bits per heavy atom. The third kappa shape index (κ3) is 1.61. The molecular formula is C16H16N2O. The molecule has 1 aliphatic rings. The highest BCUT2D eigenvalue weighted by Gasteiger charge is 2.14. The molecule has 3 heteroatoms. The van der Waals surface area contributed by atoms with Crippen LogP contribution in [0.25, 0.3) is 21.9 Å². The molecule has 3 nitrogen and oxygen atoms in total. The first-order valence-electron chi connectivity index (χ1n) is 6.83. The van der Waals surface area contributed by atoms with E-state index in [0.717, 1.165) is 35.1 Å². The summed E-state index contributed by atoms with van der Waals surface area (Å²) < 4.78 is 5.28. The predicted molar refractivity (Wildman–Crippen MR) is 76.8 cm³/mol. The van der Waals surface area contributed by atoms with E-state index in [0.29, 0.717) is 0 Å². The number of aromatic amines is 1. The monoisotopic (exact) mass is 252 g/mol. The van der Waals surface area contributed by atoms with Crippen molar-refractivity contribution in [1.29, 1.82) is 0 Å². The van der Waals surface area contributed by atoms with Gasteiger partial charge in [0.1, 0.15) is 5.75 Å². The maximum atomic E-state index is 5.28. The largest absolute Gasteiger partial charge is 0.497 e. The minimum absolute atomic E-state index is 0.879. The Labute approximate surface area is 111 Å². The maximum absolute atomic E-state index is 5.28. The molecule has 1 N–H and O–H groups in total. The number of rotatable bonds is 1. The zero-order valence-electron chi connectivity index (χ0n) is 11.0. The Bertz CT molecular complexity index is 773. The van der Waals surface area contributed by atoms with Crippen LogP contribution in [0.3, 0.4) is 0 Å². The lowest BCUT2D eigenvalue weighted by Gasteiger charge is -2.14. The van der Waals surface area contributed by atoms with Gasteiger partial charge in [-0.25, -0.2) is 0 Å². The van der Waals surface area contributed by atoms with Crippen molar-refractivity contribution in [3.05, 3.63) is 35.5 Å². The first kappa shape index (κ1) is 10.9. The van der Waals surface area contributed by atoms with E-state index in [1.54, 1.807) is 7.11 Å². The van der Waals surface area contributed by atoms with Crippen LogP contribution in [0.5, 0.6) is 5.75 Å². The van der Waals surface area contributed by atoms with E-state index in [-0.39, 0.29) is 0 Å². The van der Waals surface area contributed by atoms with Gasteiger partial charge in [0.25, 0.3) is 0 Å². The van der Waals surface area contributed by atoms with Gasteiger partial charge in [0.15, 0.2) is 0 Å². The number of nitrogens with one attached hydrogen (secondary N) is 1. The second-order valence-corrected chi connectivity index (χ2v) is 5.23. The Hall–Kier alpha value is -2.03. The molecule has 0 radical (unpaired) electrons. The molecule has 1 aromatic carbocycles. The van der Waals surface area contributed by atoms with Gasteiger partial charge < -0.3 is 9.72 Å². The average molecular weight is 252 g/mol. The van der Waals surface area contributed by atoms with Crippen molar-refractivity contribution in [2.24, 2.45) is 0 Å². The molecule has 0 spiro atoms. The van der Waals surface area contributed by atoms with E-state index >= 15 is 0 Å². The average Bonchev–Trinajstić information content (AvgIpc) is 2.81. The van der Waals surface area contributed by atoms with E-state index in [9.17, 15) is 0 Å². The molecule has 0 saturated carbocycles. The van der Waals surface area contributed by atoms with E-state index < -0.39 is 0 Å². The Morgan fingerprint density at radius 3 is 2.89 bits per heavy atom. The van der Waals surface area contributed by atoms with Crippen LogP contribution in [0.1, 0.15) is 24.1 Å². The molecule has 0 atom stereocenters. The van der Waals surface area contributed by atoms with Crippen molar-refractivity contribution in [1.82, 2.24) is 9.97 Å². The van der Waals surface area contributed by atoms with Crippen molar-refractivity contribution in [3.8, 4) is 5.75 Å². The minimum atomic E-state index is 0.879. The highest BCUT2D eigenvalue weighted by Crippen LogP contribution is 2.30. The zero-order valence-corrected chi connectivity index (χ0v) is 11.0. The molecule has 2 heterocycles. The van der Waals surface area contributed by atoms with Gasteiger partial charge in [-0.3, -0.25) is 4.98 Å². The fraction of sp³-hybridized carbons (Fsp3) is 0.312. The highest BCUT2D eigenvalue weighted by atomic mass is 16.5. The van der Waals surface area contributed by atoms with Gasteiger partial charge in [-0.2, -0.15) is 0 Å². The topological polar surface area (TPSA) is 37.9 Å². The van der Waals surface area contributed by atoms with Crippen LogP contribution in [0.15, 0.2) is 24.3 Å². The lowest BCUT2D eigenvalue weighted by molar-refractivity contribution is 0.415.